The molecule has 0 aromatic carbocycles. The number of nitrogens with zero attached hydrogens (tertiary/aromatic N) is 1. The summed E-state index contributed by atoms with van der Waals surface area (Å²) in [6.07, 6.45) is 2.55. The molecule has 5 nitrogen and oxygen atoms in total. The third-order valence-electron chi connectivity index (χ3n) is 3.04. The predicted molar refractivity (Wildman–Crippen MR) is 68.6 cm³/mol. The van der Waals surface area contributed by atoms with Crippen molar-refractivity contribution in [3.8, 4) is 0 Å². The summed E-state index contributed by atoms with van der Waals surface area (Å²) in [6, 6.07) is 0.0311. The first kappa shape index (κ1) is 14.9. The van der Waals surface area contributed by atoms with Crippen LogP contribution < -0.4 is 5.32 Å². The molecule has 0 aromatic rings. The summed E-state index contributed by atoms with van der Waals surface area (Å²) >= 11 is 0. The first-order valence-corrected chi connectivity index (χ1v) is 7.93. The zero-order valence-electron chi connectivity index (χ0n) is 10.8. The Kier molecular flexibility index (Phi) is 6.40. The number of likely N-dealkylation sites (N-methyl/N-ethyl adjacent to an activating group) is 1. The van der Waals surface area contributed by atoms with E-state index in [0.717, 1.165) is 25.9 Å². The highest BCUT2D eigenvalue weighted by molar-refractivity contribution is 7.89. The van der Waals surface area contributed by atoms with Crippen molar-refractivity contribution in [3.05, 3.63) is 0 Å². The third-order valence-corrected chi connectivity index (χ3v) is 5.02. The number of rotatable bonds is 8. The minimum Gasteiger partial charge on any atom is -0.380 e. The SMILES string of the molecule is CCCNCCCS(=O)(=O)N(C)C1CCOC1. The van der Waals surface area contributed by atoms with Crippen molar-refractivity contribution in [1.82, 2.24) is 9.62 Å². The Bertz CT molecular complexity index is 300. The summed E-state index contributed by atoms with van der Waals surface area (Å²) < 4.78 is 30.7. The standard InChI is InChI=1S/C11H24N2O3S/c1-3-6-12-7-4-9-17(14,15)13(2)11-5-8-16-10-11/h11-12H,3-10H2,1-2H3. The second-order valence-electron chi connectivity index (χ2n) is 4.45. The van der Waals surface area contributed by atoms with E-state index < -0.39 is 10.0 Å². The summed E-state index contributed by atoms with van der Waals surface area (Å²) in [5.41, 5.74) is 0. The second-order valence-corrected chi connectivity index (χ2v) is 6.60. The van der Waals surface area contributed by atoms with Gasteiger partial charge in [0, 0.05) is 13.7 Å². The van der Waals surface area contributed by atoms with Crippen LogP contribution in [0.3, 0.4) is 0 Å². The molecule has 0 bridgehead atoms. The summed E-state index contributed by atoms with van der Waals surface area (Å²) in [4.78, 5) is 0. The fourth-order valence-electron chi connectivity index (χ4n) is 1.86. The number of hydrogen-bond acceptors (Lipinski definition) is 4. The highest BCUT2D eigenvalue weighted by atomic mass is 32.2. The predicted octanol–water partition coefficient (Wildman–Crippen LogP) is 0.427. The molecule has 1 aliphatic rings. The minimum absolute atomic E-state index is 0.0311. The highest BCUT2D eigenvalue weighted by Crippen LogP contribution is 2.14. The number of sulfonamides is 1. The van der Waals surface area contributed by atoms with Gasteiger partial charge >= 0.3 is 0 Å². The molecule has 102 valence electrons. The van der Waals surface area contributed by atoms with Gasteiger partial charge in [0.05, 0.1) is 18.4 Å². The van der Waals surface area contributed by atoms with Gasteiger partial charge in [-0.2, -0.15) is 4.31 Å². The molecule has 1 saturated heterocycles. The Morgan fingerprint density at radius 1 is 1.41 bits per heavy atom. The van der Waals surface area contributed by atoms with Gasteiger partial charge in [-0.15, -0.1) is 0 Å². The highest BCUT2D eigenvalue weighted by Gasteiger charge is 2.28. The van der Waals surface area contributed by atoms with Crippen molar-refractivity contribution in [1.29, 1.82) is 0 Å². The van der Waals surface area contributed by atoms with Crippen LogP contribution in [0.1, 0.15) is 26.2 Å². The van der Waals surface area contributed by atoms with Crippen molar-refractivity contribution in [2.45, 2.75) is 32.2 Å². The van der Waals surface area contributed by atoms with E-state index >= 15 is 0 Å². The van der Waals surface area contributed by atoms with Gasteiger partial charge in [0.2, 0.25) is 10.0 Å². The summed E-state index contributed by atoms with van der Waals surface area (Å²) in [6.45, 7) is 5.01. The maximum absolute atomic E-state index is 12.0. The number of hydrogen-bond donors (Lipinski definition) is 1. The van der Waals surface area contributed by atoms with Crippen LogP contribution in [0.5, 0.6) is 0 Å². The summed E-state index contributed by atoms with van der Waals surface area (Å²) in [5.74, 6) is 0.219. The molecular formula is C11H24N2O3S. The monoisotopic (exact) mass is 264 g/mol. The molecule has 6 heteroatoms. The van der Waals surface area contributed by atoms with E-state index in [1.165, 1.54) is 4.31 Å². The topological polar surface area (TPSA) is 58.6 Å². The molecule has 17 heavy (non-hydrogen) atoms. The maximum Gasteiger partial charge on any atom is 0.214 e. The molecule has 1 rings (SSSR count). The maximum atomic E-state index is 12.0. The Labute approximate surface area is 105 Å². The molecule has 0 saturated carbocycles. The number of nitrogens with one attached hydrogen (secondary N) is 1. The molecule has 0 aliphatic carbocycles. The van der Waals surface area contributed by atoms with E-state index in [4.69, 9.17) is 4.74 Å². The van der Waals surface area contributed by atoms with Crippen LogP contribution in [0, 0.1) is 0 Å². The van der Waals surface area contributed by atoms with Crippen LogP contribution in [0.15, 0.2) is 0 Å². The molecule has 0 aromatic heterocycles. The molecular weight excluding hydrogens is 240 g/mol. The van der Waals surface area contributed by atoms with Crippen LogP contribution >= 0.6 is 0 Å². The third kappa shape index (κ3) is 4.91. The Morgan fingerprint density at radius 2 is 2.18 bits per heavy atom. The zero-order chi connectivity index (χ0) is 12.7. The Morgan fingerprint density at radius 3 is 2.76 bits per heavy atom. The van der Waals surface area contributed by atoms with E-state index in [1.807, 2.05) is 0 Å². The van der Waals surface area contributed by atoms with Gasteiger partial charge in [-0.05, 0) is 32.4 Å². The van der Waals surface area contributed by atoms with Crippen molar-refractivity contribution >= 4 is 10.0 Å². The van der Waals surface area contributed by atoms with Gasteiger partial charge in [-0.25, -0.2) is 8.42 Å². The molecule has 1 heterocycles. The number of ether oxygens (including phenoxy) is 1. The molecule has 1 fully saturated rings. The second kappa shape index (κ2) is 7.31. The molecule has 0 amide bonds. The lowest BCUT2D eigenvalue weighted by Crippen LogP contribution is -2.39. The fraction of sp³-hybridized carbons (Fsp3) is 1.00. The average Bonchev–Trinajstić information content (AvgIpc) is 2.81. The van der Waals surface area contributed by atoms with Crippen LogP contribution in [0.25, 0.3) is 0 Å². The molecule has 1 aliphatic heterocycles. The first-order valence-electron chi connectivity index (χ1n) is 6.32. The molecule has 0 spiro atoms. The fourth-order valence-corrected chi connectivity index (χ4v) is 3.28. The lowest BCUT2D eigenvalue weighted by molar-refractivity contribution is 0.181. The molecule has 1 N–H and O–H groups in total. The van der Waals surface area contributed by atoms with E-state index in [0.29, 0.717) is 19.6 Å². The molecule has 1 unspecified atom stereocenters. The van der Waals surface area contributed by atoms with Crippen LogP contribution in [-0.2, 0) is 14.8 Å². The van der Waals surface area contributed by atoms with E-state index in [9.17, 15) is 8.42 Å². The van der Waals surface area contributed by atoms with Crippen LogP contribution in [0.4, 0.5) is 0 Å². The van der Waals surface area contributed by atoms with Gasteiger partial charge in [-0.1, -0.05) is 6.92 Å². The van der Waals surface area contributed by atoms with Crippen LogP contribution in [0.2, 0.25) is 0 Å². The van der Waals surface area contributed by atoms with Crippen molar-refractivity contribution in [2.75, 3.05) is 39.1 Å². The van der Waals surface area contributed by atoms with Gasteiger partial charge in [0.25, 0.3) is 0 Å². The molecule has 1 atom stereocenters. The van der Waals surface area contributed by atoms with E-state index in [2.05, 4.69) is 12.2 Å². The summed E-state index contributed by atoms with van der Waals surface area (Å²) in [7, 11) is -1.46. The molecule has 0 radical (unpaired) electrons. The first-order chi connectivity index (χ1) is 8.08. The Balaban J connectivity index is 2.29. The quantitative estimate of drug-likeness (QED) is 0.646. The lowest BCUT2D eigenvalue weighted by atomic mass is 10.3. The van der Waals surface area contributed by atoms with Gasteiger partial charge < -0.3 is 10.1 Å². The van der Waals surface area contributed by atoms with E-state index in [-0.39, 0.29) is 11.8 Å². The Hall–Kier alpha value is -0.170. The smallest absolute Gasteiger partial charge is 0.214 e. The summed E-state index contributed by atoms with van der Waals surface area (Å²) in [5, 5.41) is 3.21. The largest absolute Gasteiger partial charge is 0.380 e. The van der Waals surface area contributed by atoms with E-state index in [1.54, 1.807) is 7.05 Å². The van der Waals surface area contributed by atoms with Gasteiger partial charge in [-0.3, -0.25) is 0 Å². The average molecular weight is 264 g/mol. The van der Waals surface area contributed by atoms with Crippen LogP contribution in [-0.4, -0.2) is 57.9 Å². The van der Waals surface area contributed by atoms with Crippen molar-refractivity contribution in [3.63, 3.8) is 0 Å². The lowest BCUT2D eigenvalue weighted by Gasteiger charge is -2.22. The van der Waals surface area contributed by atoms with Gasteiger partial charge in [0.1, 0.15) is 0 Å². The zero-order valence-corrected chi connectivity index (χ0v) is 11.6. The van der Waals surface area contributed by atoms with Crippen molar-refractivity contribution < 1.29 is 13.2 Å². The van der Waals surface area contributed by atoms with Gasteiger partial charge in [0.15, 0.2) is 0 Å². The van der Waals surface area contributed by atoms with Crippen molar-refractivity contribution in [2.24, 2.45) is 0 Å². The normalized spacial score (nSPS) is 21.2. The minimum atomic E-state index is -3.12.